The fourth-order valence-corrected chi connectivity index (χ4v) is 2.15. The Morgan fingerprint density at radius 3 is 2.32 bits per heavy atom. The van der Waals surface area contributed by atoms with Crippen LogP contribution in [0.25, 0.3) is 0 Å². The fourth-order valence-electron chi connectivity index (χ4n) is 2.15. The molecule has 1 rings (SSSR count). The van der Waals surface area contributed by atoms with Gasteiger partial charge < -0.3 is 9.47 Å². The number of nitriles is 1. The molecule has 3 heteroatoms. The monoisotopic (exact) mass is 257 g/mol. The van der Waals surface area contributed by atoms with Gasteiger partial charge in [-0.15, -0.1) is 12.3 Å². The average Bonchev–Trinajstić information content (AvgIpc) is 2.43. The zero-order valence-corrected chi connectivity index (χ0v) is 11.9. The molecule has 0 bridgehead atoms. The predicted molar refractivity (Wildman–Crippen MR) is 75.1 cm³/mol. The van der Waals surface area contributed by atoms with Gasteiger partial charge in [0, 0.05) is 6.42 Å². The van der Waals surface area contributed by atoms with E-state index >= 15 is 0 Å². The van der Waals surface area contributed by atoms with Crippen LogP contribution in [0.5, 0.6) is 11.5 Å². The van der Waals surface area contributed by atoms with E-state index in [4.69, 9.17) is 15.9 Å². The van der Waals surface area contributed by atoms with Gasteiger partial charge in [-0.2, -0.15) is 5.26 Å². The van der Waals surface area contributed by atoms with Gasteiger partial charge in [-0.1, -0.05) is 19.9 Å². The van der Waals surface area contributed by atoms with E-state index in [1.807, 2.05) is 26.0 Å². The van der Waals surface area contributed by atoms with E-state index in [1.165, 1.54) is 0 Å². The molecule has 0 aliphatic rings. The number of nitrogens with zero attached hydrogens (tertiary/aromatic N) is 1. The fraction of sp³-hybridized carbons (Fsp3) is 0.438. The van der Waals surface area contributed by atoms with Crippen molar-refractivity contribution in [2.45, 2.75) is 25.7 Å². The van der Waals surface area contributed by atoms with Crippen molar-refractivity contribution in [3.63, 3.8) is 0 Å². The molecule has 19 heavy (non-hydrogen) atoms. The first-order chi connectivity index (χ1) is 9.05. The van der Waals surface area contributed by atoms with E-state index < -0.39 is 5.41 Å². The highest BCUT2D eigenvalue weighted by Crippen LogP contribution is 2.39. The minimum absolute atomic E-state index is 0.103. The van der Waals surface area contributed by atoms with Crippen LogP contribution in [0.4, 0.5) is 0 Å². The van der Waals surface area contributed by atoms with Crippen LogP contribution in [0.3, 0.4) is 0 Å². The molecule has 1 atom stereocenters. The first-order valence-corrected chi connectivity index (χ1v) is 6.13. The lowest BCUT2D eigenvalue weighted by atomic mass is 9.70. The third kappa shape index (κ3) is 2.66. The molecule has 0 saturated carbocycles. The number of terminal acetylenes is 1. The lowest BCUT2D eigenvalue weighted by Gasteiger charge is -2.29. The highest BCUT2D eigenvalue weighted by atomic mass is 16.5. The van der Waals surface area contributed by atoms with Crippen LogP contribution in [0.2, 0.25) is 0 Å². The smallest absolute Gasteiger partial charge is 0.161 e. The van der Waals surface area contributed by atoms with Crippen LogP contribution in [0, 0.1) is 29.6 Å². The van der Waals surface area contributed by atoms with E-state index in [-0.39, 0.29) is 5.92 Å². The van der Waals surface area contributed by atoms with Gasteiger partial charge >= 0.3 is 0 Å². The molecule has 0 amide bonds. The maximum Gasteiger partial charge on any atom is 0.161 e. The maximum absolute atomic E-state index is 9.60. The van der Waals surface area contributed by atoms with E-state index in [9.17, 15) is 5.26 Å². The first kappa shape index (κ1) is 14.9. The van der Waals surface area contributed by atoms with Crippen LogP contribution in [0.1, 0.15) is 25.8 Å². The van der Waals surface area contributed by atoms with Crippen LogP contribution < -0.4 is 9.47 Å². The Morgan fingerprint density at radius 1 is 1.26 bits per heavy atom. The minimum atomic E-state index is -0.700. The highest BCUT2D eigenvalue weighted by molar-refractivity contribution is 5.47. The third-order valence-electron chi connectivity index (χ3n) is 3.46. The summed E-state index contributed by atoms with van der Waals surface area (Å²) in [5.74, 6) is 3.96. The van der Waals surface area contributed by atoms with Gasteiger partial charge in [-0.25, -0.2) is 0 Å². The first-order valence-electron chi connectivity index (χ1n) is 6.13. The molecule has 1 aromatic carbocycles. The van der Waals surface area contributed by atoms with Gasteiger partial charge in [-0.3, -0.25) is 0 Å². The zero-order chi connectivity index (χ0) is 14.5. The quantitative estimate of drug-likeness (QED) is 0.761. The molecule has 0 aliphatic carbocycles. The molecule has 0 N–H and O–H groups in total. The van der Waals surface area contributed by atoms with Crippen LogP contribution in [0.15, 0.2) is 18.2 Å². The van der Waals surface area contributed by atoms with Gasteiger partial charge in [0.1, 0.15) is 0 Å². The molecule has 0 saturated heterocycles. The van der Waals surface area contributed by atoms with E-state index in [2.05, 4.69) is 12.0 Å². The molecule has 0 spiro atoms. The Kier molecular flexibility index (Phi) is 4.84. The summed E-state index contributed by atoms with van der Waals surface area (Å²) in [7, 11) is 3.16. The van der Waals surface area contributed by atoms with Crippen molar-refractivity contribution >= 4 is 0 Å². The van der Waals surface area contributed by atoms with Crippen LogP contribution >= 0.6 is 0 Å². The van der Waals surface area contributed by atoms with Crippen LogP contribution in [-0.2, 0) is 5.41 Å². The van der Waals surface area contributed by atoms with Crippen molar-refractivity contribution in [3.8, 4) is 29.9 Å². The lowest BCUT2D eigenvalue weighted by Crippen LogP contribution is -2.30. The lowest BCUT2D eigenvalue weighted by molar-refractivity contribution is 0.350. The Morgan fingerprint density at radius 2 is 1.89 bits per heavy atom. The zero-order valence-electron chi connectivity index (χ0n) is 11.9. The summed E-state index contributed by atoms with van der Waals surface area (Å²) in [5, 5.41) is 9.60. The maximum atomic E-state index is 9.60. The molecule has 0 unspecified atom stereocenters. The van der Waals surface area contributed by atoms with Gasteiger partial charge in [0.25, 0.3) is 0 Å². The van der Waals surface area contributed by atoms with Crippen molar-refractivity contribution < 1.29 is 9.47 Å². The Bertz CT molecular complexity index is 523. The van der Waals surface area contributed by atoms with E-state index in [1.54, 1.807) is 20.3 Å². The van der Waals surface area contributed by atoms with Crippen molar-refractivity contribution in [2.75, 3.05) is 14.2 Å². The second kappa shape index (κ2) is 6.16. The van der Waals surface area contributed by atoms with E-state index in [0.717, 1.165) is 5.56 Å². The summed E-state index contributed by atoms with van der Waals surface area (Å²) in [4.78, 5) is 0. The molecular formula is C16H19NO2. The SMILES string of the molecule is C#CC[C@](C#N)(c1ccc(OC)c(OC)c1)C(C)C. The predicted octanol–water partition coefficient (Wildman–Crippen LogP) is 3.14. The molecule has 0 aromatic heterocycles. The Balaban J connectivity index is 3.41. The van der Waals surface area contributed by atoms with Gasteiger partial charge in [0.15, 0.2) is 11.5 Å². The third-order valence-corrected chi connectivity index (χ3v) is 3.46. The summed E-state index contributed by atoms with van der Waals surface area (Å²) in [6.07, 6.45) is 5.81. The number of ether oxygens (including phenoxy) is 2. The summed E-state index contributed by atoms with van der Waals surface area (Å²) in [6.45, 7) is 3.99. The number of hydrogen-bond donors (Lipinski definition) is 0. The number of hydrogen-bond acceptors (Lipinski definition) is 3. The molecule has 0 heterocycles. The molecule has 100 valence electrons. The molecular weight excluding hydrogens is 238 g/mol. The number of rotatable bonds is 5. The van der Waals surface area contributed by atoms with Crippen molar-refractivity contribution in [2.24, 2.45) is 5.92 Å². The average molecular weight is 257 g/mol. The molecule has 0 radical (unpaired) electrons. The Hall–Kier alpha value is -2.13. The van der Waals surface area contributed by atoms with E-state index in [0.29, 0.717) is 17.9 Å². The standard InChI is InChI=1S/C16H19NO2/c1-6-9-16(11-17,12(2)3)13-7-8-14(18-4)15(10-13)19-5/h1,7-8,10,12H,9H2,2-5H3/t16-/m1/s1. The summed E-state index contributed by atoms with van der Waals surface area (Å²) < 4.78 is 10.5. The summed E-state index contributed by atoms with van der Waals surface area (Å²) in [6, 6.07) is 7.90. The largest absolute Gasteiger partial charge is 0.493 e. The van der Waals surface area contributed by atoms with Gasteiger partial charge in [0.2, 0.25) is 0 Å². The molecule has 3 nitrogen and oxygen atoms in total. The Labute approximate surface area is 115 Å². The second-order valence-corrected chi connectivity index (χ2v) is 4.69. The van der Waals surface area contributed by atoms with Gasteiger partial charge in [-0.05, 0) is 23.6 Å². The van der Waals surface area contributed by atoms with Crippen LogP contribution in [-0.4, -0.2) is 14.2 Å². The highest BCUT2D eigenvalue weighted by Gasteiger charge is 2.36. The number of methoxy groups -OCH3 is 2. The molecule has 1 aromatic rings. The minimum Gasteiger partial charge on any atom is -0.493 e. The summed E-state index contributed by atoms with van der Waals surface area (Å²) in [5.41, 5.74) is 0.162. The second-order valence-electron chi connectivity index (χ2n) is 4.69. The van der Waals surface area contributed by atoms with Crippen molar-refractivity contribution in [3.05, 3.63) is 23.8 Å². The number of benzene rings is 1. The van der Waals surface area contributed by atoms with Gasteiger partial charge in [0.05, 0.1) is 25.7 Å². The normalized spacial score (nSPS) is 13.2. The van der Waals surface area contributed by atoms with Crippen molar-refractivity contribution in [1.29, 1.82) is 5.26 Å². The van der Waals surface area contributed by atoms with Crippen molar-refractivity contribution in [1.82, 2.24) is 0 Å². The summed E-state index contributed by atoms with van der Waals surface area (Å²) >= 11 is 0. The molecule has 0 fully saturated rings. The topological polar surface area (TPSA) is 42.2 Å². The molecule has 0 aliphatic heterocycles.